The van der Waals surface area contributed by atoms with Crippen molar-refractivity contribution in [2.45, 2.75) is 38.0 Å². The second-order valence-corrected chi connectivity index (χ2v) is 5.52. The van der Waals surface area contributed by atoms with E-state index in [0.29, 0.717) is 5.92 Å². The summed E-state index contributed by atoms with van der Waals surface area (Å²) >= 11 is 0. The van der Waals surface area contributed by atoms with E-state index in [-0.39, 0.29) is 11.8 Å². The summed E-state index contributed by atoms with van der Waals surface area (Å²) in [5.41, 5.74) is 5.25. The molecule has 18 heavy (non-hydrogen) atoms. The topological polar surface area (TPSA) is 64.9 Å². The lowest BCUT2D eigenvalue weighted by Gasteiger charge is -2.38. The van der Waals surface area contributed by atoms with Gasteiger partial charge in [-0.05, 0) is 30.7 Å². The average molecular weight is 248 g/mol. The fraction of sp³-hybridized carbons (Fsp3) is 0.533. The molecule has 98 valence electrons. The molecule has 3 nitrogen and oxygen atoms in total. The van der Waals surface area contributed by atoms with E-state index in [9.17, 15) is 4.79 Å². The van der Waals surface area contributed by atoms with E-state index in [1.807, 2.05) is 6.07 Å². The Morgan fingerprint density at radius 3 is 2.72 bits per heavy atom. The van der Waals surface area contributed by atoms with Crippen LogP contribution in [-0.4, -0.2) is 17.6 Å². The van der Waals surface area contributed by atoms with Crippen molar-refractivity contribution in [3.63, 3.8) is 0 Å². The molecule has 1 aliphatic carbocycles. The van der Waals surface area contributed by atoms with Gasteiger partial charge in [0.2, 0.25) is 0 Å². The standard InChI is InChI=1S/C15H21NO2/c16-11-15(10-14(17)18)8-4-7-13(9-15)12-5-2-1-3-6-12/h1-3,5-6,13H,4,7-11,16H2,(H,17,18)/p+1/t13-,15+/m1/s1. The van der Waals surface area contributed by atoms with Crippen molar-refractivity contribution >= 4 is 5.97 Å². The third-order valence-corrected chi connectivity index (χ3v) is 4.27. The molecule has 0 radical (unpaired) electrons. The summed E-state index contributed by atoms with van der Waals surface area (Å²) in [4.78, 5) is 11.0. The quantitative estimate of drug-likeness (QED) is 0.856. The molecule has 1 aromatic rings. The van der Waals surface area contributed by atoms with Gasteiger partial charge in [-0.3, -0.25) is 4.79 Å². The van der Waals surface area contributed by atoms with E-state index in [1.54, 1.807) is 0 Å². The van der Waals surface area contributed by atoms with Crippen molar-refractivity contribution in [2.24, 2.45) is 5.41 Å². The van der Waals surface area contributed by atoms with E-state index in [4.69, 9.17) is 5.11 Å². The van der Waals surface area contributed by atoms with Crippen LogP contribution in [0.1, 0.15) is 43.6 Å². The second-order valence-electron chi connectivity index (χ2n) is 5.52. The van der Waals surface area contributed by atoms with Crippen molar-refractivity contribution in [3.05, 3.63) is 35.9 Å². The highest BCUT2D eigenvalue weighted by Gasteiger charge is 2.39. The van der Waals surface area contributed by atoms with Crippen LogP contribution in [0.2, 0.25) is 0 Å². The minimum atomic E-state index is -0.688. The van der Waals surface area contributed by atoms with Gasteiger partial charge in [-0.1, -0.05) is 36.8 Å². The average Bonchev–Trinajstić information content (AvgIpc) is 2.39. The molecule has 0 aliphatic heterocycles. The van der Waals surface area contributed by atoms with Gasteiger partial charge in [0.25, 0.3) is 0 Å². The summed E-state index contributed by atoms with van der Waals surface area (Å²) in [6, 6.07) is 10.5. The van der Waals surface area contributed by atoms with Crippen LogP contribution in [-0.2, 0) is 4.79 Å². The minimum Gasteiger partial charge on any atom is -0.481 e. The van der Waals surface area contributed by atoms with Gasteiger partial charge < -0.3 is 10.8 Å². The fourth-order valence-corrected chi connectivity index (χ4v) is 3.26. The number of hydrogen-bond donors (Lipinski definition) is 2. The fourth-order valence-electron chi connectivity index (χ4n) is 3.26. The number of benzene rings is 1. The van der Waals surface area contributed by atoms with Gasteiger partial charge in [-0.15, -0.1) is 0 Å². The number of rotatable bonds is 4. The molecule has 1 fully saturated rings. The Kier molecular flexibility index (Phi) is 4.02. The van der Waals surface area contributed by atoms with E-state index in [2.05, 4.69) is 30.0 Å². The number of carboxylic acids is 1. The van der Waals surface area contributed by atoms with E-state index < -0.39 is 5.97 Å². The zero-order valence-electron chi connectivity index (χ0n) is 10.8. The maximum absolute atomic E-state index is 11.0. The van der Waals surface area contributed by atoms with Gasteiger partial charge >= 0.3 is 5.97 Å². The second kappa shape index (κ2) is 5.53. The summed E-state index contributed by atoms with van der Waals surface area (Å²) in [5, 5.41) is 9.09. The molecule has 0 aromatic heterocycles. The van der Waals surface area contributed by atoms with Gasteiger partial charge in [0.1, 0.15) is 0 Å². The Morgan fingerprint density at radius 2 is 2.11 bits per heavy atom. The lowest BCUT2D eigenvalue weighted by atomic mass is 9.66. The van der Waals surface area contributed by atoms with Gasteiger partial charge in [0, 0.05) is 5.41 Å². The van der Waals surface area contributed by atoms with E-state index in [0.717, 1.165) is 25.8 Å². The summed E-state index contributed by atoms with van der Waals surface area (Å²) in [6.45, 7) is 0.725. The Morgan fingerprint density at radius 1 is 1.39 bits per heavy atom. The molecule has 1 aliphatic rings. The van der Waals surface area contributed by atoms with Gasteiger partial charge in [-0.25, -0.2) is 0 Å². The van der Waals surface area contributed by atoms with Crippen LogP contribution >= 0.6 is 0 Å². The van der Waals surface area contributed by atoms with E-state index in [1.165, 1.54) is 12.0 Å². The summed E-state index contributed by atoms with van der Waals surface area (Å²) in [6.07, 6.45) is 4.52. The third kappa shape index (κ3) is 2.91. The number of quaternary nitrogens is 1. The minimum absolute atomic E-state index is 0.0927. The van der Waals surface area contributed by atoms with Crippen LogP contribution in [0.5, 0.6) is 0 Å². The Bertz CT molecular complexity index is 404. The molecule has 0 saturated heterocycles. The van der Waals surface area contributed by atoms with Gasteiger partial charge in [0.15, 0.2) is 0 Å². The maximum atomic E-state index is 11.0. The highest BCUT2D eigenvalue weighted by Crippen LogP contribution is 2.45. The van der Waals surface area contributed by atoms with Crippen LogP contribution in [0.25, 0.3) is 0 Å². The molecule has 3 heteroatoms. The zero-order valence-corrected chi connectivity index (χ0v) is 10.8. The molecule has 2 rings (SSSR count). The highest BCUT2D eigenvalue weighted by atomic mass is 16.4. The molecule has 0 spiro atoms. The van der Waals surface area contributed by atoms with Crippen LogP contribution in [0.4, 0.5) is 0 Å². The van der Waals surface area contributed by atoms with Crippen molar-refractivity contribution in [2.75, 3.05) is 6.54 Å². The lowest BCUT2D eigenvalue weighted by molar-refractivity contribution is -0.395. The van der Waals surface area contributed by atoms with Crippen LogP contribution in [0.15, 0.2) is 30.3 Å². The molecule has 1 aromatic carbocycles. The van der Waals surface area contributed by atoms with Crippen molar-refractivity contribution < 1.29 is 15.6 Å². The SMILES string of the molecule is [NH3+]C[C@@]1(CC(=O)O)CCC[C@@H](c2ccccc2)C1. The third-order valence-electron chi connectivity index (χ3n) is 4.27. The lowest BCUT2D eigenvalue weighted by Crippen LogP contribution is -2.59. The first-order valence-electron chi connectivity index (χ1n) is 6.71. The first kappa shape index (κ1) is 13.1. The Labute approximate surface area is 108 Å². The normalized spacial score (nSPS) is 27.9. The Hall–Kier alpha value is -1.35. The molecule has 2 atom stereocenters. The van der Waals surface area contributed by atoms with Crippen LogP contribution in [0, 0.1) is 5.41 Å². The predicted molar refractivity (Wildman–Crippen MR) is 70.1 cm³/mol. The molecule has 0 unspecified atom stereocenters. The first-order valence-corrected chi connectivity index (χ1v) is 6.71. The number of carbonyl (C=O) groups is 1. The Balaban J connectivity index is 2.14. The van der Waals surface area contributed by atoms with E-state index >= 15 is 0 Å². The predicted octanol–water partition coefficient (Wildman–Crippen LogP) is 2.05. The van der Waals surface area contributed by atoms with Gasteiger partial charge in [0.05, 0.1) is 13.0 Å². The largest absolute Gasteiger partial charge is 0.481 e. The molecule has 1 saturated carbocycles. The summed E-state index contributed by atoms with van der Waals surface area (Å²) in [7, 11) is 0. The molecular formula is C15H22NO2+. The molecule has 0 heterocycles. The van der Waals surface area contributed by atoms with Crippen molar-refractivity contribution in [3.8, 4) is 0 Å². The molecule has 0 amide bonds. The summed E-state index contributed by atoms with van der Waals surface area (Å²) in [5.74, 6) is -0.187. The molecule has 4 N–H and O–H groups in total. The highest BCUT2D eigenvalue weighted by molar-refractivity contribution is 5.67. The molecule has 0 bridgehead atoms. The van der Waals surface area contributed by atoms with Crippen LogP contribution < -0.4 is 5.73 Å². The first-order chi connectivity index (χ1) is 8.65. The number of aliphatic carboxylic acids is 1. The van der Waals surface area contributed by atoms with Crippen molar-refractivity contribution in [1.29, 1.82) is 0 Å². The van der Waals surface area contributed by atoms with Crippen molar-refractivity contribution in [1.82, 2.24) is 0 Å². The zero-order chi connectivity index (χ0) is 13.0. The number of carboxylic acid groups (broad SMARTS) is 1. The van der Waals surface area contributed by atoms with Gasteiger partial charge in [-0.2, -0.15) is 0 Å². The molecular weight excluding hydrogens is 226 g/mol. The summed E-state index contributed by atoms with van der Waals surface area (Å²) < 4.78 is 0. The smallest absolute Gasteiger partial charge is 0.304 e. The van der Waals surface area contributed by atoms with Crippen LogP contribution in [0.3, 0.4) is 0 Å². The monoisotopic (exact) mass is 248 g/mol. The maximum Gasteiger partial charge on any atom is 0.304 e. The number of hydrogen-bond acceptors (Lipinski definition) is 1.